The molecule has 22 heavy (non-hydrogen) atoms. The molecule has 1 N–H and O–H groups in total. The molecular formula is C15H17N3O4. The second-order valence-electron chi connectivity index (χ2n) is 4.74. The van der Waals surface area contributed by atoms with E-state index in [9.17, 15) is 9.59 Å². The lowest BCUT2D eigenvalue weighted by Gasteiger charge is -2.17. The number of carbonyl (C=O) groups excluding carboxylic acids is 1. The van der Waals surface area contributed by atoms with E-state index in [1.807, 2.05) is 30.3 Å². The lowest BCUT2D eigenvalue weighted by molar-refractivity contribution is 0.0684. The van der Waals surface area contributed by atoms with Gasteiger partial charge in [-0.1, -0.05) is 30.3 Å². The van der Waals surface area contributed by atoms with Crippen molar-refractivity contribution in [1.82, 2.24) is 14.5 Å². The molecule has 116 valence electrons. The number of carboxylic acid groups (broad SMARTS) is 1. The van der Waals surface area contributed by atoms with Crippen LogP contribution in [0.1, 0.15) is 16.1 Å². The van der Waals surface area contributed by atoms with Crippen molar-refractivity contribution in [2.24, 2.45) is 0 Å². The second-order valence-corrected chi connectivity index (χ2v) is 4.74. The van der Waals surface area contributed by atoms with Gasteiger partial charge in [0.05, 0.1) is 12.5 Å². The van der Waals surface area contributed by atoms with E-state index in [4.69, 9.17) is 9.84 Å². The molecule has 0 aliphatic carbocycles. The normalized spacial score (nSPS) is 10.2. The summed E-state index contributed by atoms with van der Waals surface area (Å²) >= 11 is 0. The summed E-state index contributed by atoms with van der Waals surface area (Å²) in [7, 11) is 1.60. The molecular weight excluding hydrogens is 286 g/mol. The number of aromatic nitrogens is 2. The zero-order chi connectivity index (χ0) is 15.9. The first-order chi connectivity index (χ1) is 10.6. The molecule has 2 aromatic rings. The first-order valence-electron chi connectivity index (χ1n) is 6.73. The number of rotatable bonds is 6. The van der Waals surface area contributed by atoms with Crippen LogP contribution >= 0.6 is 0 Å². The Balaban J connectivity index is 1.81. The second kappa shape index (κ2) is 7.26. The largest absolute Gasteiger partial charge is 0.477 e. The van der Waals surface area contributed by atoms with Crippen LogP contribution in [0.25, 0.3) is 0 Å². The molecule has 0 atom stereocenters. The molecule has 7 nitrogen and oxygen atoms in total. The van der Waals surface area contributed by atoms with Crippen molar-refractivity contribution in [2.75, 3.05) is 13.6 Å². The Morgan fingerprint density at radius 2 is 2.05 bits per heavy atom. The molecule has 1 aromatic carbocycles. The molecule has 0 spiro atoms. The number of aromatic carboxylic acids is 1. The van der Waals surface area contributed by atoms with E-state index >= 15 is 0 Å². The Hall–Kier alpha value is -2.83. The van der Waals surface area contributed by atoms with E-state index in [0.717, 1.165) is 5.56 Å². The first kappa shape index (κ1) is 15.6. The summed E-state index contributed by atoms with van der Waals surface area (Å²) in [5.74, 6) is -1.05. The molecule has 0 aliphatic rings. The van der Waals surface area contributed by atoms with Gasteiger partial charge in [0.2, 0.25) is 0 Å². The van der Waals surface area contributed by atoms with Crippen molar-refractivity contribution in [3.8, 4) is 0 Å². The van der Waals surface area contributed by atoms with Crippen LogP contribution in [0, 0.1) is 0 Å². The molecule has 0 fully saturated rings. The van der Waals surface area contributed by atoms with Gasteiger partial charge in [-0.3, -0.25) is 0 Å². The topological polar surface area (TPSA) is 84.7 Å². The Morgan fingerprint density at radius 3 is 2.73 bits per heavy atom. The van der Waals surface area contributed by atoms with E-state index in [-0.39, 0.29) is 12.3 Å². The van der Waals surface area contributed by atoms with E-state index < -0.39 is 12.1 Å². The fourth-order valence-corrected chi connectivity index (χ4v) is 1.86. The summed E-state index contributed by atoms with van der Waals surface area (Å²) in [6.45, 7) is 0.859. The van der Waals surface area contributed by atoms with Crippen LogP contribution in [0.4, 0.5) is 4.79 Å². The molecule has 0 saturated heterocycles. The van der Waals surface area contributed by atoms with Gasteiger partial charge in [-0.25, -0.2) is 14.6 Å². The number of hydrogen-bond donors (Lipinski definition) is 1. The summed E-state index contributed by atoms with van der Waals surface area (Å²) in [5.41, 5.74) is 0.998. The maximum Gasteiger partial charge on any atom is 0.409 e. The number of benzene rings is 1. The maximum absolute atomic E-state index is 11.9. The number of amides is 1. The van der Waals surface area contributed by atoms with Crippen LogP contribution in [-0.2, 0) is 17.9 Å². The van der Waals surface area contributed by atoms with Crippen molar-refractivity contribution in [1.29, 1.82) is 0 Å². The highest BCUT2D eigenvalue weighted by Crippen LogP contribution is 2.04. The van der Waals surface area contributed by atoms with Gasteiger partial charge in [-0.2, -0.15) is 0 Å². The zero-order valence-electron chi connectivity index (χ0n) is 12.2. The van der Waals surface area contributed by atoms with Gasteiger partial charge in [0, 0.05) is 20.1 Å². The highest BCUT2D eigenvalue weighted by Gasteiger charge is 2.13. The van der Waals surface area contributed by atoms with Gasteiger partial charge in [-0.15, -0.1) is 0 Å². The third-order valence-electron chi connectivity index (χ3n) is 3.12. The molecule has 1 heterocycles. The first-order valence-corrected chi connectivity index (χ1v) is 6.73. The molecule has 0 bridgehead atoms. The zero-order valence-corrected chi connectivity index (χ0v) is 12.2. The number of hydrogen-bond acceptors (Lipinski definition) is 4. The Bertz CT molecular complexity index is 639. The number of likely N-dealkylation sites (N-methyl/N-ethyl adjacent to an activating group) is 1. The van der Waals surface area contributed by atoms with Gasteiger partial charge in [0.25, 0.3) is 0 Å². The smallest absolute Gasteiger partial charge is 0.409 e. The van der Waals surface area contributed by atoms with Gasteiger partial charge in [0.1, 0.15) is 12.3 Å². The minimum Gasteiger partial charge on any atom is -0.477 e. The number of ether oxygens (including phenoxy) is 1. The minimum absolute atomic E-state index is 0.0889. The highest BCUT2D eigenvalue weighted by atomic mass is 16.6. The van der Waals surface area contributed by atoms with Crippen molar-refractivity contribution < 1.29 is 19.4 Å². The standard InChI is InChI=1S/C15H17N3O4/c1-17(7-8-18-11-16-9-13(18)14(19)20)15(21)22-10-12-5-3-2-4-6-12/h2-6,9,11H,7-8,10H2,1H3,(H,19,20). The SMILES string of the molecule is CN(CCn1cncc1C(=O)O)C(=O)OCc1ccccc1. The molecule has 2 rings (SSSR count). The summed E-state index contributed by atoms with van der Waals surface area (Å²) in [5, 5.41) is 8.97. The average molecular weight is 303 g/mol. The molecule has 0 radical (unpaired) electrons. The van der Waals surface area contributed by atoms with Crippen molar-refractivity contribution >= 4 is 12.1 Å². The summed E-state index contributed by atoms with van der Waals surface area (Å²) in [6.07, 6.45) is 2.24. The van der Waals surface area contributed by atoms with Crippen LogP contribution in [0.2, 0.25) is 0 Å². The third kappa shape index (κ3) is 4.08. The molecule has 0 unspecified atom stereocenters. The van der Waals surface area contributed by atoms with E-state index in [2.05, 4.69) is 4.98 Å². The Labute approximate surface area is 127 Å². The van der Waals surface area contributed by atoms with Gasteiger partial charge < -0.3 is 19.3 Å². The number of carboxylic acids is 1. The fraction of sp³-hybridized carbons (Fsp3) is 0.267. The molecule has 1 aromatic heterocycles. The monoisotopic (exact) mass is 303 g/mol. The number of carbonyl (C=O) groups is 2. The van der Waals surface area contributed by atoms with Crippen molar-refractivity contribution in [2.45, 2.75) is 13.2 Å². The Morgan fingerprint density at radius 1 is 1.32 bits per heavy atom. The highest BCUT2D eigenvalue weighted by molar-refractivity contribution is 5.85. The van der Waals surface area contributed by atoms with Crippen molar-refractivity contribution in [3.05, 3.63) is 54.1 Å². The lowest BCUT2D eigenvalue weighted by Crippen LogP contribution is -2.31. The number of nitrogens with zero attached hydrogens (tertiary/aromatic N) is 3. The van der Waals surface area contributed by atoms with Crippen LogP contribution in [0.15, 0.2) is 42.9 Å². The third-order valence-corrected chi connectivity index (χ3v) is 3.12. The predicted molar refractivity (Wildman–Crippen MR) is 78.4 cm³/mol. The van der Waals surface area contributed by atoms with Crippen LogP contribution < -0.4 is 0 Å². The van der Waals surface area contributed by atoms with Gasteiger partial charge >= 0.3 is 12.1 Å². The van der Waals surface area contributed by atoms with Crippen molar-refractivity contribution in [3.63, 3.8) is 0 Å². The van der Waals surface area contributed by atoms with Gasteiger partial charge in [-0.05, 0) is 5.56 Å². The van der Waals surface area contributed by atoms with E-state index in [0.29, 0.717) is 13.1 Å². The molecule has 7 heteroatoms. The minimum atomic E-state index is -1.05. The summed E-state index contributed by atoms with van der Waals surface area (Å²) < 4.78 is 6.66. The van der Waals surface area contributed by atoms with Crippen LogP contribution in [0.5, 0.6) is 0 Å². The summed E-state index contributed by atoms with van der Waals surface area (Å²) in [4.78, 5) is 28.0. The summed E-state index contributed by atoms with van der Waals surface area (Å²) in [6, 6.07) is 9.39. The predicted octanol–water partition coefficient (Wildman–Crippen LogP) is 1.85. The lowest BCUT2D eigenvalue weighted by atomic mass is 10.2. The maximum atomic E-state index is 11.9. The number of imidazole rings is 1. The van der Waals surface area contributed by atoms with Crippen LogP contribution in [-0.4, -0.2) is 45.2 Å². The Kier molecular flexibility index (Phi) is 5.13. The molecule has 0 saturated carbocycles. The quantitative estimate of drug-likeness (QED) is 0.880. The van der Waals surface area contributed by atoms with Crippen LogP contribution in [0.3, 0.4) is 0 Å². The molecule has 1 amide bonds. The van der Waals surface area contributed by atoms with Gasteiger partial charge in [0.15, 0.2) is 0 Å². The fourth-order valence-electron chi connectivity index (χ4n) is 1.86. The molecule has 0 aliphatic heterocycles. The van der Waals surface area contributed by atoms with E-state index in [1.54, 1.807) is 7.05 Å². The van der Waals surface area contributed by atoms with E-state index in [1.165, 1.54) is 22.0 Å². The average Bonchev–Trinajstić information content (AvgIpc) is 3.00.